The summed E-state index contributed by atoms with van der Waals surface area (Å²) in [5.41, 5.74) is 5.19. The molecule has 0 aliphatic carbocycles. The summed E-state index contributed by atoms with van der Waals surface area (Å²) < 4.78 is 0. The molecule has 0 aromatic heterocycles. The number of rotatable bonds is 6. The fourth-order valence-corrected chi connectivity index (χ4v) is 2.28. The second-order valence-corrected chi connectivity index (χ2v) is 5.98. The van der Waals surface area contributed by atoms with Gasteiger partial charge in [0.2, 0.25) is 5.91 Å². The minimum absolute atomic E-state index is 0.0126. The van der Waals surface area contributed by atoms with Crippen molar-refractivity contribution >= 4 is 11.7 Å². The number of carbonyl (C=O) groups excluding carboxylic acids is 2. The van der Waals surface area contributed by atoms with Crippen LogP contribution in [-0.4, -0.2) is 11.7 Å². The van der Waals surface area contributed by atoms with Crippen molar-refractivity contribution in [2.45, 2.75) is 40.2 Å². The van der Waals surface area contributed by atoms with Gasteiger partial charge in [-0.3, -0.25) is 9.59 Å². The SMILES string of the molecule is Cc1ccc(CNC(=O)CCC(=O)c2ccc(C)c(C)c2)cc1. The van der Waals surface area contributed by atoms with Crippen molar-refractivity contribution in [2.24, 2.45) is 0 Å². The minimum Gasteiger partial charge on any atom is -0.352 e. The van der Waals surface area contributed by atoms with Crippen LogP contribution in [0.1, 0.15) is 45.5 Å². The van der Waals surface area contributed by atoms with Gasteiger partial charge < -0.3 is 5.32 Å². The lowest BCUT2D eigenvalue weighted by atomic mass is 10.0. The van der Waals surface area contributed by atoms with E-state index in [-0.39, 0.29) is 24.5 Å². The molecule has 0 aliphatic heterocycles. The Bertz CT molecular complexity index is 702. The van der Waals surface area contributed by atoms with E-state index in [4.69, 9.17) is 0 Å². The van der Waals surface area contributed by atoms with Crippen LogP contribution in [0.4, 0.5) is 0 Å². The van der Waals surface area contributed by atoms with Crippen molar-refractivity contribution in [1.82, 2.24) is 5.32 Å². The lowest BCUT2D eigenvalue weighted by Crippen LogP contribution is -2.23. The minimum atomic E-state index is -0.0947. The highest BCUT2D eigenvalue weighted by atomic mass is 16.2. The molecule has 0 bridgehead atoms. The van der Waals surface area contributed by atoms with E-state index in [9.17, 15) is 9.59 Å². The molecule has 3 heteroatoms. The van der Waals surface area contributed by atoms with Gasteiger partial charge in [0.1, 0.15) is 0 Å². The van der Waals surface area contributed by atoms with Crippen molar-refractivity contribution in [2.75, 3.05) is 0 Å². The van der Waals surface area contributed by atoms with Crippen molar-refractivity contribution in [3.05, 3.63) is 70.3 Å². The number of aryl methyl sites for hydroxylation is 3. The summed E-state index contributed by atoms with van der Waals surface area (Å²) in [5.74, 6) is -0.0821. The largest absolute Gasteiger partial charge is 0.352 e. The lowest BCUT2D eigenvalue weighted by Gasteiger charge is -2.07. The zero-order valence-corrected chi connectivity index (χ0v) is 14.0. The first-order valence-electron chi connectivity index (χ1n) is 7.88. The topological polar surface area (TPSA) is 46.2 Å². The molecule has 3 nitrogen and oxygen atoms in total. The third-order valence-corrected chi connectivity index (χ3v) is 4.02. The molecule has 0 unspecified atom stereocenters. The van der Waals surface area contributed by atoms with Crippen LogP contribution in [0.25, 0.3) is 0 Å². The van der Waals surface area contributed by atoms with E-state index in [1.165, 1.54) is 5.56 Å². The maximum Gasteiger partial charge on any atom is 0.220 e. The number of amides is 1. The molecular weight excluding hydrogens is 286 g/mol. The lowest BCUT2D eigenvalue weighted by molar-refractivity contribution is -0.121. The Labute approximate surface area is 137 Å². The van der Waals surface area contributed by atoms with Gasteiger partial charge in [0.25, 0.3) is 0 Å². The zero-order chi connectivity index (χ0) is 16.8. The highest BCUT2D eigenvalue weighted by molar-refractivity contribution is 5.98. The number of hydrogen-bond acceptors (Lipinski definition) is 2. The quantitative estimate of drug-likeness (QED) is 0.823. The van der Waals surface area contributed by atoms with Gasteiger partial charge in [0.15, 0.2) is 5.78 Å². The predicted octanol–water partition coefficient (Wildman–Crippen LogP) is 3.89. The van der Waals surface area contributed by atoms with Gasteiger partial charge >= 0.3 is 0 Å². The smallest absolute Gasteiger partial charge is 0.220 e. The van der Waals surface area contributed by atoms with Gasteiger partial charge in [0, 0.05) is 24.9 Å². The van der Waals surface area contributed by atoms with Crippen LogP contribution in [0.2, 0.25) is 0 Å². The predicted molar refractivity (Wildman–Crippen MR) is 92.5 cm³/mol. The van der Waals surface area contributed by atoms with Crippen molar-refractivity contribution in [3.8, 4) is 0 Å². The van der Waals surface area contributed by atoms with E-state index in [0.29, 0.717) is 12.1 Å². The standard InChI is InChI=1S/C20H23NO2/c1-14-4-7-17(8-5-14)13-21-20(23)11-10-19(22)18-9-6-15(2)16(3)12-18/h4-9,12H,10-11,13H2,1-3H3,(H,21,23). The molecule has 0 saturated carbocycles. The number of Topliss-reactive ketones (excluding diaryl/α,β-unsaturated/α-hetero) is 1. The van der Waals surface area contributed by atoms with Crippen LogP contribution in [0.15, 0.2) is 42.5 Å². The van der Waals surface area contributed by atoms with Crippen molar-refractivity contribution in [3.63, 3.8) is 0 Å². The van der Waals surface area contributed by atoms with Crippen LogP contribution < -0.4 is 5.32 Å². The van der Waals surface area contributed by atoms with Gasteiger partial charge in [0.05, 0.1) is 0 Å². The first kappa shape index (κ1) is 16.9. The van der Waals surface area contributed by atoms with Gasteiger partial charge in [-0.05, 0) is 43.5 Å². The van der Waals surface area contributed by atoms with Crippen molar-refractivity contribution in [1.29, 1.82) is 0 Å². The van der Waals surface area contributed by atoms with E-state index >= 15 is 0 Å². The number of nitrogens with one attached hydrogen (secondary N) is 1. The highest BCUT2D eigenvalue weighted by Gasteiger charge is 2.10. The summed E-state index contributed by atoms with van der Waals surface area (Å²) >= 11 is 0. The van der Waals surface area contributed by atoms with E-state index < -0.39 is 0 Å². The van der Waals surface area contributed by atoms with E-state index in [2.05, 4.69) is 5.32 Å². The molecule has 0 spiro atoms. The van der Waals surface area contributed by atoms with E-state index in [1.54, 1.807) is 0 Å². The van der Waals surface area contributed by atoms with Gasteiger partial charge in [-0.15, -0.1) is 0 Å². The Hall–Kier alpha value is -2.42. The molecule has 2 aromatic carbocycles. The van der Waals surface area contributed by atoms with Crippen LogP contribution >= 0.6 is 0 Å². The monoisotopic (exact) mass is 309 g/mol. The maximum atomic E-state index is 12.1. The third-order valence-electron chi connectivity index (χ3n) is 4.02. The zero-order valence-electron chi connectivity index (χ0n) is 14.0. The molecule has 0 aliphatic rings. The van der Waals surface area contributed by atoms with Gasteiger partial charge in [-0.2, -0.15) is 0 Å². The highest BCUT2D eigenvalue weighted by Crippen LogP contribution is 2.12. The first-order valence-corrected chi connectivity index (χ1v) is 7.88. The van der Waals surface area contributed by atoms with Crippen LogP contribution in [0.5, 0.6) is 0 Å². The fourth-order valence-electron chi connectivity index (χ4n) is 2.28. The Morgan fingerprint density at radius 1 is 0.870 bits per heavy atom. The summed E-state index contributed by atoms with van der Waals surface area (Å²) in [5, 5.41) is 2.85. The third kappa shape index (κ3) is 5.06. The maximum absolute atomic E-state index is 12.1. The molecule has 0 radical (unpaired) electrons. The number of carbonyl (C=O) groups is 2. The molecule has 120 valence electrons. The second-order valence-electron chi connectivity index (χ2n) is 5.98. The van der Waals surface area contributed by atoms with Crippen molar-refractivity contribution < 1.29 is 9.59 Å². The number of hydrogen-bond donors (Lipinski definition) is 1. The second kappa shape index (κ2) is 7.73. The summed E-state index contributed by atoms with van der Waals surface area (Å²) in [6.07, 6.45) is 0.458. The molecular formula is C20H23NO2. The summed E-state index contributed by atoms with van der Waals surface area (Å²) in [6.45, 7) is 6.53. The molecule has 2 aromatic rings. The molecule has 2 rings (SSSR count). The average molecular weight is 309 g/mol. The Balaban J connectivity index is 1.80. The summed E-state index contributed by atoms with van der Waals surface area (Å²) in [4.78, 5) is 24.0. The molecule has 0 atom stereocenters. The summed E-state index contributed by atoms with van der Waals surface area (Å²) in [7, 11) is 0. The molecule has 0 heterocycles. The molecule has 1 amide bonds. The molecule has 0 saturated heterocycles. The first-order chi connectivity index (χ1) is 11.0. The molecule has 1 N–H and O–H groups in total. The average Bonchev–Trinajstić information content (AvgIpc) is 2.54. The number of ketones is 1. The van der Waals surface area contributed by atoms with E-state index in [1.807, 2.05) is 63.2 Å². The number of benzene rings is 2. The van der Waals surface area contributed by atoms with E-state index in [0.717, 1.165) is 16.7 Å². The van der Waals surface area contributed by atoms with Gasteiger partial charge in [-0.25, -0.2) is 0 Å². The molecule has 23 heavy (non-hydrogen) atoms. The Morgan fingerprint density at radius 3 is 2.22 bits per heavy atom. The van der Waals surface area contributed by atoms with Crippen LogP contribution in [0, 0.1) is 20.8 Å². The van der Waals surface area contributed by atoms with Crippen LogP contribution in [-0.2, 0) is 11.3 Å². The Morgan fingerprint density at radius 2 is 1.57 bits per heavy atom. The normalized spacial score (nSPS) is 10.4. The summed E-state index contributed by atoms with van der Waals surface area (Å²) in [6, 6.07) is 13.7. The Kier molecular flexibility index (Phi) is 5.69. The van der Waals surface area contributed by atoms with Crippen LogP contribution in [0.3, 0.4) is 0 Å². The van der Waals surface area contributed by atoms with Gasteiger partial charge in [-0.1, -0.05) is 42.0 Å². The molecule has 0 fully saturated rings. The fraction of sp³-hybridized carbons (Fsp3) is 0.300.